The average Bonchev–Trinajstić information content (AvgIpc) is 4.00. The number of esters is 1. The fourth-order valence-corrected chi connectivity index (χ4v) is 9.50. The molecule has 3 aliphatic carbocycles. The third-order valence-corrected chi connectivity index (χ3v) is 13.2. The first-order chi connectivity index (χ1) is 25.0. The summed E-state index contributed by atoms with van der Waals surface area (Å²) in [5, 5.41) is 8.20. The number of ether oxygens (including phenoxy) is 2. The Morgan fingerprint density at radius 3 is 2.60 bits per heavy atom. The zero-order valence-corrected chi connectivity index (χ0v) is 30.0. The van der Waals surface area contributed by atoms with Crippen LogP contribution in [-0.4, -0.2) is 91.3 Å². The van der Waals surface area contributed by atoms with Crippen molar-refractivity contribution in [2.75, 3.05) is 13.2 Å². The molecule has 1 aromatic carbocycles. The molecule has 0 radical (unpaired) electrons. The Bertz CT molecular complexity index is 1770. The smallest absolute Gasteiger partial charge is 0.407 e. The summed E-state index contributed by atoms with van der Waals surface area (Å²) in [7, 11) is -3.90. The molecule has 0 spiro atoms. The SMILES string of the molecule is C=C[C@H]1C[C@]1(NC(=O)[C@@H]1C[C@@H]2CN1C(=O)[C@H](C1CCCC1)NC(=O)OCCC/C=C/c1cccc3c1CNC(C3)C(=O)O2)C(=O)NS(=O)(=O)C1CC1. The van der Waals surface area contributed by atoms with E-state index in [0.29, 0.717) is 51.5 Å². The van der Waals surface area contributed by atoms with Crippen LogP contribution < -0.4 is 20.7 Å². The number of allylic oxidation sites excluding steroid dienone is 1. The zero-order chi connectivity index (χ0) is 36.6. The van der Waals surface area contributed by atoms with Gasteiger partial charge in [0, 0.05) is 18.9 Å². The highest BCUT2D eigenvalue weighted by atomic mass is 32.2. The highest BCUT2D eigenvalue weighted by Gasteiger charge is 2.62. The van der Waals surface area contributed by atoms with Gasteiger partial charge in [-0.1, -0.05) is 49.3 Å². The van der Waals surface area contributed by atoms with Crippen molar-refractivity contribution in [2.24, 2.45) is 11.8 Å². The van der Waals surface area contributed by atoms with Gasteiger partial charge in [0.15, 0.2) is 0 Å². The molecular formula is C37H47N5O9S. The lowest BCUT2D eigenvalue weighted by Crippen LogP contribution is -2.59. The molecule has 15 heteroatoms. The van der Waals surface area contributed by atoms with Crippen LogP contribution in [0.3, 0.4) is 0 Å². The molecule has 0 aromatic heterocycles. The lowest BCUT2D eigenvalue weighted by atomic mass is 9.92. The summed E-state index contributed by atoms with van der Waals surface area (Å²) in [6, 6.07) is 3.14. The first-order valence-electron chi connectivity index (χ1n) is 18.4. The van der Waals surface area contributed by atoms with Crippen molar-refractivity contribution in [3.05, 3.63) is 53.6 Å². The van der Waals surface area contributed by atoms with Crippen LogP contribution in [-0.2, 0) is 51.6 Å². The molecule has 4 aliphatic heterocycles. The van der Waals surface area contributed by atoms with Gasteiger partial charge in [-0.3, -0.25) is 29.2 Å². The van der Waals surface area contributed by atoms with Crippen molar-refractivity contribution in [1.29, 1.82) is 0 Å². The number of alkyl carbamates (subject to hydrolysis) is 1. The van der Waals surface area contributed by atoms with Crippen LogP contribution in [0, 0.1) is 11.8 Å². The molecule has 4 N–H and O–H groups in total. The van der Waals surface area contributed by atoms with E-state index in [2.05, 4.69) is 27.3 Å². The van der Waals surface area contributed by atoms with Gasteiger partial charge in [-0.15, -0.1) is 6.58 Å². The minimum atomic E-state index is -3.90. The van der Waals surface area contributed by atoms with Gasteiger partial charge in [-0.2, -0.15) is 0 Å². The normalized spacial score (nSPS) is 31.9. The molecule has 280 valence electrons. The van der Waals surface area contributed by atoms with E-state index in [1.54, 1.807) is 0 Å². The molecule has 3 saturated carbocycles. The van der Waals surface area contributed by atoms with E-state index >= 15 is 0 Å². The average molecular weight is 738 g/mol. The van der Waals surface area contributed by atoms with Crippen LogP contribution >= 0.6 is 0 Å². The van der Waals surface area contributed by atoms with E-state index in [1.807, 2.05) is 30.4 Å². The summed E-state index contributed by atoms with van der Waals surface area (Å²) in [5.74, 6) is -3.28. The topological polar surface area (TPSA) is 189 Å². The van der Waals surface area contributed by atoms with E-state index < -0.39 is 80.7 Å². The molecule has 7 aliphatic rings. The Balaban J connectivity index is 1.16. The molecule has 52 heavy (non-hydrogen) atoms. The van der Waals surface area contributed by atoms with E-state index in [1.165, 1.54) is 11.0 Å². The second-order valence-electron chi connectivity index (χ2n) is 15.0. The van der Waals surface area contributed by atoms with Gasteiger partial charge in [-0.05, 0) is 74.0 Å². The molecule has 1 saturated heterocycles. The number of rotatable bonds is 7. The Hall–Kier alpha value is -4.24. The van der Waals surface area contributed by atoms with Gasteiger partial charge < -0.3 is 25.0 Å². The van der Waals surface area contributed by atoms with Crippen molar-refractivity contribution in [1.82, 2.24) is 25.6 Å². The largest absolute Gasteiger partial charge is 0.459 e. The highest BCUT2D eigenvalue weighted by molar-refractivity contribution is 7.91. The fourth-order valence-electron chi connectivity index (χ4n) is 8.14. The molecular weight excluding hydrogens is 691 g/mol. The van der Waals surface area contributed by atoms with Gasteiger partial charge in [0.05, 0.1) is 18.4 Å². The molecule has 4 fully saturated rings. The third kappa shape index (κ3) is 7.47. The van der Waals surface area contributed by atoms with E-state index in [-0.39, 0.29) is 31.9 Å². The maximum Gasteiger partial charge on any atom is 0.407 e. The maximum atomic E-state index is 14.5. The van der Waals surface area contributed by atoms with Crippen molar-refractivity contribution in [2.45, 2.75) is 112 Å². The second-order valence-corrected chi connectivity index (χ2v) is 16.9. The van der Waals surface area contributed by atoms with Crippen molar-refractivity contribution >= 4 is 45.9 Å². The summed E-state index contributed by atoms with van der Waals surface area (Å²) >= 11 is 0. The summed E-state index contributed by atoms with van der Waals surface area (Å²) in [6.45, 7) is 4.25. The number of amides is 4. The first-order valence-corrected chi connectivity index (χ1v) is 20.0. The molecule has 1 unspecified atom stereocenters. The van der Waals surface area contributed by atoms with Crippen molar-refractivity contribution < 1.29 is 41.9 Å². The first kappa shape index (κ1) is 36.1. The van der Waals surface area contributed by atoms with Crippen LogP contribution in [0.25, 0.3) is 6.08 Å². The monoisotopic (exact) mass is 737 g/mol. The second kappa shape index (κ2) is 14.6. The summed E-state index contributed by atoms with van der Waals surface area (Å²) in [6.07, 6.45) is 9.74. The van der Waals surface area contributed by atoms with Crippen molar-refractivity contribution in [3.63, 3.8) is 0 Å². The summed E-state index contributed by atoms with van der Waals surface area (Å²) in [5.41, 5.74) is 1.58. The van der Waals surface area contributed by atoms with Crippen LogP contribution in [0.5, 0.6) is 0 Å². The Kier molecular flexibility index (Phi) is 10.2. The number of hydrogen-bond donors (Lipinski definition) is 4. The summed E-state index contributed by atoms with van der Waals surface area (Å²) < 4.78 is 39.0. The van der Waals surface area contributed by atoms with Crippen LogP contribution in [0.2, 0.25) is 0 Å². The molecule has 8 rings (SSSR count). The highest BCUT2D eigenvalue weighted by Crippen LogP contribution is 2.45. The molecule has 6 atom stereocenters. The number of fused-ring (bicyclic) bond motifs is 10. The van der Waals surface area contributed by atoms with Crippen molar-refractivity contribution in [3.8, 4) is 0 Å². The van der Waals surface area contributed by atoms with Gasteiger partial charge >= 0.3 is 12.1 Å². The number of nitrogens with one attached hydrogen (secondary N) is 4. The predicted octanol–water partition coefficient (Wildman–Crippen LogP) is 1.97. The number of carbonyl (C=O) groups is 5. The van der Waals surface area contributed by atoms with E-state index in [4.69, 9.17) is 9.47 Å². The predicted molar refractivity (Wildman–Crippen MR) is 189 cm³/mol. The maximum absolute atomic E-state index is 14.5. The fraction of sp³-hybridized carbons (Fsp3) is 0.595. The number of hydrogen-bond acceptors (Lipinski definition) is 10. The molecule has 1 aromatic rings. The molecule has 14 nitrogen and oxygen atoms in total. The standard InChI is InChI=1S/C37H47N5O9S/c1-2-25-19-37(25,35(46)41-52(48,49)27-14-15-27)40-32(43)30-18-26-21-42(30)33(44)31(23-10-5-6-11-23)39-36(47)50-16-7-3-4-9-22-12-8-13-24-17-29(34(45)51-26)38-20-28(22)24/h2,4,8-9,12-13,23,25-27,29-31,38H,1,3,5-7,10-11,14-21H2,(H,39,47)(H,40,43)(H,41,46)/b9-4+/t25-,26+,29?,30-,31-,37+/m0/s1. The third-order valence-electron chi connectivity index (χ3n) is 11.4. The molecule has 6 bridgehead atoms. The quantitative estimate of drug-likeness (QED) is 0.238. The number of sulfonamides is 1. The Morgan fingerprint density at radius 2 is 1.87 bits per heavy atom. The Morgan fingerprint density at radius 1 is 1.08 bits per heavy atom. The van der Waals surface area contributed by atoms with Gasteiger partial charge in [0.25, 0.3) is 5.91 Å². The zero-order valence-electron chi connectivity index (χ0n) is 29.1. The number of carbonyl (C=O) groups excluding carboxylic acids is 5. The number of nitrogens with zero attached hydrogens (tertiary/aromatic N) is 1. The lowest BCUT2D eigenvalue weighted by Gasteiger charge is -2.32. The number of benzene rings is 1. The van der Waals surface area contributed by atoms with E-state index in [9.17, 15) is 32.4 Å². The molecule has 4 amide bonds. The van der Waals surface area contributed by atoms with E-state index in [0.717, 1.165) is 29.5 Å². The van der Waals surface area contributed by atoms with Gasteiger partial charge in [0.2, 0.25) is 21.8 Å². The van der Waals surface area contributed by atoms with Crippen LogP contribution in [0.15, 0.2) is 36.9 Å². The minimum absolute atomic E-state index is 0.0553. The lowest BCUT2D eigenvalue weighted by molar-refractivity contribution is -0.152. The minimum Gasteiger partial charge on any atom is -0.459 e. The van der Waals surface area contributed by atoms with Gasteiger partial charge in [0.1, 0.15) is 29.8 Å². The Labute approximate surface area is 303 Å². The summed E-state index contributed by atoms with van der Waals surface area (Å²) in [4.78, 5) is 70.1. The van der Waals surface area contributed by atoms with Gasteiger partial charge in [-0.25, -0.2) is 13.2 Å². The van der Waals surface area contributed by atoms with Crippen LogP contribution in [0.4, 0.5) is 4.79 Å². The molecule has 4 heterocycles. The van der Waals surface area contributed by atoms with Crippen LogP contribution in [0.1, 0.15) is 80.9 Å².